The Hall–Kier alpha value is -3.34. The molecule has 0 aliphatic rings. The first-order valence-electron chi connectivity index (χ1n) is 8.43. The standard InChI is InChI=1S/C18H21N3O7S/c1-5-29(25,26)20(2)15-11-17(28-4)16(27-3)10-14(15)18(22)19-12-7-6-8-13(9-12)21(23)24/h6-11H,5H2,1-4H3,(H,19,22). The highest BCUT2D eigenvalue weighted by molar-refractivity contribution is 7.92. The van der Waals surface area contributed by atoms with Gasteiger partial charge in [-0.1, -0.05) is 6.07 Å². The van der Waals surface area contributed by atoms with Crippen molar-refractivity contribution >= 4 is 33.0 Å². The second-order valence-electron chi connectivity index (χ2n) is 5.85. The van der Waals surface area contributed by atoms with Gasteiger partial charge in [-0.15, -0.1) is 0 Å². The Balaban J connectivity index is 2.55. The van der Waals surface area contributed by atoms with Crippen LogP contribution in [0.5, 0.6) is 11.5 Å². The number of ether oxygens (including phenoxy) is 2. The summed E-state index contributed by atoms with van der Waals surface area (Å²) in [4.78, 5) is 23.3. The third-order valence-electron chi connectivity index (χ3n) is 4.18. The lowest BCUT2D eigenvalue weighted by Gasteiger charge is -2.23. The van der Waals surface area contributed by atoms with Crippen molar-refractivity contribution in [1.82, 2.24) is 0 Å². The number of nitro benzene ring substituents is 1. The summed E-state index contributed by atoms with van der Waals surface area (Å²) in [7, 11) is 0.418. The maximum atomic E-state index is 12.9. The van der Waals surface area contributed by atoms with Gasteiger partial charge in [0, 0.05) is 30.9 Å². The summed E-state index contributed by atoms with van der Waals surface area (Å²) in [6.07, 6.45) is 0. The van der Waals surface area contributed by atoms with Gasteiger partial charge < -0.3 is 14.8 Å². The van der Waals surface area contributed by atoms with E-state index in [1.807, 2.05) is 0 Å². The lowest BCUT2D eigenvalue weighted by molar-refractivity contribution is -0.384. The second-order valence-corrected chi connectivity index (χ2v) is 8.14. The van der Waals surface area contributed by atoms with Crippen molar-refractivity contribution in [2.24, 2.45) is 0 Å². The summed E-state index contributed by atoms with van der Waals surface area (Å²) in [5.74, 6) is -0.376. The number of hydrogen-bond acceptors (Lipinski definition) is 7. The number of carbonyl (C=O) groups excluding carboxylic acids is 1. The average Bonchev–Trinajstić information content (AvgIpc) is 2.72. The first-order chi connectivity index (χ1) is 13.6. The first-order valence-corrected chi connectivity index (χ1v) is 10.0. The van der Waals surface area contributed by atoms with E-state index in [2.05, 4.69) is 5.32 Å². The van der Waals surface area contributed by atoms with Crippen molar-refractivity contribution in [2.45, 2.75) is 6.92 Å². The van der Waals surface area contributed by atoms with Gasteiger partial charge in [-0.3, -0.25) is 19.2 Å². The van der Waals surface area contributed by atoms with Crippen LogP contribution in [0.3, 0.4) is 0 Å². The molecule has 2 rings (SSSR count). The molecule has 2 aromatic rings. The molecule has 0 unspecified atom stereocenters. The van der Waals surface area contributed by atoms with E-state index in [0.717, 1.165) is 4.31 Å². The molecule has 1 amide bonds. The van der Waals surface area contributed by atoms with E-state index in [1.54, 1.807) is 0 Å². The molecule has 29 heavy (non-hydrogen) atoms. The van der Waals surface area contributed by atoms with Gasteiger partial charge in [0.1, 0.15) is 0 Å². The number of methoxy groups -OCH3 is 2. The number of non-ortho nitro benzene ring substituents is 1. The maximum Gasteiger partial charge on any atom is 0.271 e. The van der Waals surface area contributed by atoms with Crippen molar-refractivity contribution < 1.29 is 27.6 Å². The van der Waals surface area contributed by atoms with Crippen LogP contribution >= 0.6 is 0 Å². The van der Waals surface area contributed by atoms with E-state index >= 15 is 0 Å². The average molecular weight is 423 g/mol. The van der Waals surface area contributed by atoms with Gasteiger partial charge in [0.05, 0.1) is 36.1 Å². The zero-order valence-corrected chi connectivity index (χ0v) is 17.1. The summed E-state index contributed by atoms with van der Waals surface area (Å²) >= 11 is 0. The number of rotatable bonds is 8. The summed E-state index contributed by atoms with van der Waals surface area (Å²) < 4.78 is 36.1. The van der Waals surface area contributed by atoms with E-state index in [0.29, 0.717) is 0 Å². The molecule has 0 spiro atoms. The van der Waals surface area contributed by atoms with Gasteiger partial charge in [0.15, 0.2) is 11.5 Å². The molecule has 0 atom stereocenters. The molecular formula is C18H21N3O7S. The molecule has 0 heterocycles. The molecule has 11 heteroatoms. The SMILES string of the molecule is CCS(=O)(=O)N(C)c1cc(OC)c(OC)cc1C(=O)Nc1cccc([N+](=O)[O-])c1. The zero-order valence-electron chi connectivity index (χ0n) is 16.3. The lowest BCUT2D eigenvalue weighted by atomic mass is 10.1. The number of anilines is 2. The molecule has 0 fully saturated rings. The fourth-order valence-corrected chi connectivity index (χ4v) is 3.39. The van der Waals surface area contributed by atoms with Gasteiger partial charge >= 0.3 is 0 Å². The molecule has 0 aliphatic carbocycles. The number of carbonyl (C=O) groups is 1. The van der Waals surface area contributed by atoms with Crippen LogP contribution in [0, 0.1) is 10.1 Å². The lowest BCUT2D eigenvalue weighted by Crippen LogP contribution is -2.30. The van der Waals surface area contributed by atoms with Crippen LogP contribution in [-0.2, 0) is 10.0 Å². The Kier molecular flexibility index (Phi) is 6.64. The molecule has 0 saturated heterocycles. The minimum absolute atomic E-state index is 0.00585. The monoisotopic (exact) mass is 423 g/mol. The van der Waals surface area contributed by atoms with Crippen LogP contribution < -0.4 is 19.1 Å². The maximum absolute atomic E-state index is 12.9. The minimum atomic E-state index is -3.67. The summed E-state index contributed by atoms with van der Waals surface area (Å²) in [6.45, 7) is 1.48. The van der Waals surface area contributed by atoms with E-state index in [-0.39, 0.29) is 39.9 Å². The molecule has 2 aromatic carbocycles. The van der Waals surface area contributed by atoms with Crippen molar-refractivity contribution in [3.63, 3.8) is 0 Å². The number of nitrogens with zero attached hydrogens (tertiary/aromatic N) is 2. The Bertz CT molecular complexity index is 1040. The van der Waals surface area contributed by atoms with E-state index in [1.165, 1.54) is 64.6 Å². The van der Waals surface area contributed by atoms with E-state index < -0.39 is 20.9 Å². The van der Waals surface area contributed by atoms with E-state index in [4.69, 9.17) is 9.47 Å². The van der Waals surface area contributed by atoms with Crippen LogP contribution in [0.1, 0.15) is 17.3 Å². The minimum Gasteiger partial charge on any atom is -0.493 e. The zero-order chi connectivity index (χ0) is 21.8. The van der Waals surface area contributed by atoms with E-state index in [9.17, 15) is 23.3 Å². The molecule has 1 N–H and O–H groups in total. The van der Waals surface area contributed by atoms with Crippen LogP contribution in [-0.4, -0.2) is 46.3 Å². The summed E-state index contributed by atoms with van der Waals surface area (Å²) in [5.41, 5.74) is 0.0630. The Morgan fingerprint density at radius 2 is 1.79 bits per heavy atom. The van der Waals surface area contributed by atoms with Crippen molar-refractivity contribution in [3.05, 3.63) is 52.1 Å². The number of amides is 1. The fourth-order valence-electron chi connectivity index (χ4n) is 2.55. The molecule has 0 saturated carbocycles. The number of benzene rings is 2. The number of nitro groups is 1. The Morgan fingerprint density at radius 1 is 1.17 bits per heavy atom. The summed E-state index contributed by atoms with van der Waals surface area (Å²) in [5, 5.41) is 13.5. The number of hydrogen-bond donors (Lipinski definition) is 1. The van der Waals surface area contributed by atoms with Crippen molar-refractivity contribution in [3.8, 4) is 11.5 Å². The van der Waals surface area contributed by atoms with Crippen molar-refractivity contribution in [2.75, 3.05) is 36.6 Å². The third kappa shape index (κ3) is 4.74. The van der Waals surface area contributed by atoms with Gasteiger partial charge in [-0.2, -0.15) is 0 Å². The van der Waals surface area contributed by atoms with Gasteiger partial charge in [0.2, 0.25) is 10.0 Å². The fraction of sp³-hybridized carbons (Fsp3) is 0.278. The topological polar surface area (TPSA) is 128 Å². The smallest absolute Gasteiger partial charge is 0.271 e. The molecule has 0 bridgehead atoms. The van der Waals surface area contributed by atoms with Crippen LogP contribution in [0.25, 0.3) is 0 Å². The largest absolute Gasteiger partial charge is 0.493 e. The van der Waals surface area contributed by atoms with Crippen molar-refractivity contribution in [1.29, 1.82) is 0 Å². The third-order valence-corrected chi connectivity index (χ3v) is 5.94. The second kappa shape index (κ2) is 8.78. The molecule has 0 radical (unpaired) electrons. The van der Waals surface area contributed by atoms with Crippen LogP contribution in [0.4, 0.5) is 17.1 Å². The molecular weight excluding hydrogens is 402 g/mol. The highest BCUT2D eigenvalue weighted by Crippen LogP contribution is 2.36. The van der Waals surface area contributed by atoms with Crippen LogP contribution in [0.2, 0.25) is 0 Å². The number of nitrogens with one attached hydrogen (secondary N) is 1. The quantitative estimate of drug-likeness (QED) is 0.510. The molecule has 0 aliphatic heterocycles. The normalized spacial score (nSPS) is 10.9. The van der Waals surface area contributed by atoms with Gasteiger partial charge in [0.25, 0.3) is 11.6 Å². The first kappa shape index (κ1) is 22.0. The van der Waals surface area contributed by atoms with Gasteiger partial charge in [-0.05, 0) is 19.1 Å². The predicted octanol–water partition coefficient (Wildman–Crippen LogP) is 2.65. The molecule has 0 aromatic heterocycles. The predicted molar refractivity (Wildman–Crippen MR) is 108 cm³/mol. The molecule has 156 valence electrons. The van der Waals surface area contributed by atoms with Gasteiger partial charge in [-0.25, -0.2) is 8.42 Å². The number of sulfonamides is 1. The highest BCUT2D eigenvalue weighted by Gasteiger charge is 2.25. The van der Waals surface area contributed by atoms with Crippen LogP contribution in [0.15, 0.2) is 36.4 Å². The Labute approximate surface area is 168 Å². The summed E-state index contributed by atoms with van der Waals surface area (Å²) in [6, 6.07) is 8.13. The highest BCUT2D eigenvalue weighted by atomic mass is 32.2. The Morgan fingerprint density at radius 3 is 2.34 bits per heavy atom. The molecule has 10 nitrogen and oxygen atoms in total.